The maximum atomic E-state index is 12.5. The number of rotatable bonds is 3. The van der Waals surface area contributed by atoms with Gasteiger partial charge < -0.3 is 5.32 Å². The zero-order valence-corrected chi connectivity index (χ0v) is 13.5. The highest BCUT2D eigenvalue weighted by Crippen LogP contribution is 2.33. The summed E-state index contributed by atoms with van der Waals surface area (Å²) in [6.07, 6.45) is 6.82. The van der Waals surface area contributed by atoms with Gasteiger partial charge in [-0.05, 0) is 36.5 Å². The smallest absolute Gasteiger partial charge is 0.263 e. The third-order valence-corrected chi connectivity index (χ3v) is 6.59. The summed E-state index contributed by atoms with van der Waals surface area (Å²) in [5.41, 5.74) is 0.600. The van der Waals surface area contributed by atoms with Gasteiger partial charge in [-0.3, -0.25) is 4.79 Å². The van der Waals surface area contributed by atoms with Gasteiger partial charge in [0.15, 0.2) is 0 Å². The minimum atomic E-state index is -3.67. The molecule has 118 valence electrons. The van der Waals surface area contributed by atoms with E-state index in [2.05, 4.69) is 12.2 Å². The first kappa shape index (κ1) is 15.3. The Kier molecular flexibility index (Phi) is 4.08. The summed E-state index contributed by atoms with van der Waals surface area (Å²) in [6.45, 7) is 2.12. The molecule has 1 N–H and O–H groups in total. The van der Waals surface area contributed by atoms with Gasteiger partial charge in [0.25, 0.3) is 5.91 Å². The minimum absolute atomic E-state index is 0.0889. The van der Waals surface area contributed by atoms with Gasteiger partial charge in [-0.25, -0.2) is 8.42 Å². The Hall–Kier alpha value is -1.62. The van der Waals surface area contributed by atoms with Crippen LogP contribution in [0.3, 0.4) is 0 Å². The van der Waals surface area contributed by atoms with Gasteiger partial charge >= 0.3 is 0 Å². The predicted molar refractivity (Wildman–Crippen MR) is 85.8 cm³/mol. The average molecular weight is 319 g/mol. The van der Waals surface area contributed by atoms with Crippen LogP contribution in [0.2, 0.25) is 0 Å². The number of carbonyl (C=O) groups excluding carboxylic acids is 1. The van der Waals surface area contributed by atoms with Crippen molar-refractivity contribution in [2.45, 2.75) is 50.0 Å². The van der Waals surface area contributed by atoms with E-state index in [0.717, 1.165) is 25.7 Å². The molecule has 5 heteroatoms. The average Bonchev–Trinajstić information content (AvgIpc) is 2.80. The van der Waals surface area contributed by atoms with Crippen molar-refractivity contribution in [3.05, 3.63) is 34.7 Å². The summed E-state index contributed by atoms with van der Waals surface area (Å²) < 4.78 is 25.0. The fraction of sp³-hybridized carbons (Fsp3) is 0.471. The molecular weight excluding hydrogens is 298 g/mol. The van der Waals surface area contributed by atoms with E-state index in [4.69, 9.17) is 0 Å². The molecular formula is C17H21NO3S. The van der Waals surface area contributed by atoms with Crippen LogP contribution in [-0.4, -0.2) is 20.4 Å². The Morgan fingerprint density at radius 2 is 1.95 bits per heavy atom. The number of fused-ring (bicyclic) bond motifs is 1. The number of nitrogens with one attached hydrogen (secondary N) is 1. The van der Waals surface area contributed by atoms with Crippen molar-refractivity contribution >= 4 is 21.8 Å². The molecule has 3 rings (SSSR count). The number of amides is 1. The van der Waals surface area contributed by atoms with E-state index in [0.29, 0.717) is 11.5 Å². The van der Waals surface area contributed by atoms with E-state index in [1.54, 1.807) is 24.3 Å². The zero-order chi connectivity index (χ0) is 15.7. The molecule has 0 saturated heterocycles. The topological polar surface area (TPSA) is 63.2 Å². The van der Waals surface area contributed by atoms with E-state index in [1.807, 2.05) is 0 Å². The molecule has 1 amide bonds. The maximum Gasteiger partial charge on any atom is 0.263 e. The highest BCUT2D eigenvalue weighted by molar-refractivity contribution is 7.96. The normalized spacial score (nSPS) is 26.1. The molecule has 2 unspecified atom stereocenters. The van der Waals surface area contributed by atoms with Crippen LogP contribution in [0.25, 0.3) is 6.08 Å². The van der Waals surface area contributed by atoms with Gasteiger partial charge in [0, 0.05) is 6.04 Å². The molecule has 1 heterocycles. The summed E-state index contributed by atoms with van der Waals surface area (Å²) >= 11 is 0. The second kappa shape index (κ2) is 5.88. The number of hydrogen-bond donors (Lipinski definition) is 1. The van der Waals surface area contributed by atoms with E-state index < -0.39 is 15.7 Å². The fourth-order valence-electron chi connectivity index (χ4n) is 3.50. The second-order valence-corrected chi connectivity index (χ2v) is 7.97. The zero-order valence-electron chi connectivity index (χ0n) is 12.7. The van der Waals surface area contributed by atoms with E-state index in [1.165, 1.54) is 12.5 Å². The third-order valence-electron chi connectivity index (χ3n) is 4.76. The molecule has 1 aromatic rings. The Balaban J connectivity index is 1.82. The fourth-order valence-corrected chi connectivity index (χ4v) is 5.01. The van der Waals surface area contributed by atoms with Gasteiger partial charge in [0.1, 0.15) is 4.91 Å². The lowest BCUT2D eigenvalue weighted by Gasteiger charge is -2.31. The SMILES string of the molecule is CCC1CCCCC1NC(=O)C1=Cc2ccccc2S1(=O)=O. The Morgan fingerprint density at radius 1 is 1.23 bits per heavy atom. The summed E-state index contributed by atoms with van der Waals surface area (Å²) in [5, 5.41) is 2.97. The molecule has 2 aliphatic rings. The molecule has 1 aliphatic carbocycles. The highest BCUT2D eigenvalue weighted by Gasteiger charge is 2.35. The quantitative estimate of drug-likeness (QED) is 0.932. The Bertz CT molecular complexity index is 721. The monoisotopic (exact) mass is 319 g/mol. The van der Waals surface area contributed by atoms with Crippen LogP contribution in [0.1, 0.15) is 44.6 Å². The highest BCUT2D eigenvalue weighted by atomic mass is 32.2. The number of hydrogen-bond acceptors (Lipinski definition) is 3. The molecule has 1 saturated carbocycles. The maximum absolute atomic E-state index is 12.5. The molecule has 4 nitrogen and oxygen atoms in total. The van der Waals surface area contributed by atoms with Gasteiger partial charge in [0.2, 0.25) is 9.84 Å². The lowest BCUT2D eigenvalue weighted by molar-refractivity contribution is -0.118. The van der Waals surface area contributed by atoms with Gasteiger partial charge in [0.05, 0.1) is 4.90 Å². The Labute approximate surface area is 131 Å². The van der Waals surface area contributed by atoms with Crippen molar-refractivity contribution in [2.24, 2.45) is 5.92 Å². The third kappa shape index (κ3) is 2.58. The van der Waals surface area contributed by atoms with Gasteiger partial charge in [-0.15, -0.1) is 0 Å². The molecule has 22 heavy (non-hydrogen) atoms. The lowest BCUT2D eigenvalue weighted by Crippen LogP contribution is -2.43. The number of carbonyl (C=O) groups is 1. The van der Waals surface area contributed by atoms with Crippen molar-refractivity contribution in [1.82, 2.24) is 5.32 Å². The van der Waals surface area contributed by atoms with E-state index in [9.17, 15) is 13.2 Å². The predicted octanol–water partition coefficient (Wildman–Crippen LogP) is 2.90. The van der Waals surface area contributed by atoms with Crippen LogP contribution in [0.5, 0.6) is 0 Å². The van der Waals surface area contributed by atoms with Crippen molar-refractivity contribution in [3.8, 4) is 0 Å². The molecule has 0 bridgehead atoms. The van der Waals surface area contributed by atoms with Gasteiger partial charge in [-0.1, -0.05) is 44.4 Å². The van der Waals surface area contributed by atoms with Crippen molar-refractivity contribution in [1.29, 1.82) is 0 Å². The first-order chi connectivity index (χ1) is 10.5. The molecule has 2 atom stereocenters. The van der Waals surface area contributed by atoms with Crippen molar-refractivity contribution < 1.29 is 13.2 Å². The molecule has 0 spiro atoms. The van der Waals surface area contributed by atoms with Crippen LogP contribution < -0.4 is 5.32 Å². The largest absolute Gasteiger partial charge is 0.348 e. The van der Waals surface area contributed by atoms with Crippen molar-refractivity contribution in [3.63, 3.8) is 0 Å². The van der Waals surface area contributed by atoms with E-state index in [-0.39, 0.29) is 15.8 Å². The summed E-state index contributed by atoms with van der Waals surface area (Å²) in [7, 11) is -3.67. The number of sulfone groups is 1. The molecule has 1 aromatic carbocycles. The first-order valence-corrected chi connectivity index (χ1v) is 9.39. The van der Waals surface area contributed by atoms with Crippen molar-refractivity contribution in [2.75, 3.05) is 0 Å². The second-order valence-electron chi connectivity index (χ2n) is 6.08. The summed E-state index contributed by atoms with van der Waals surface area (Å²) in [4.78, 5) is 12.6. The molecule has 0 radical (unpaired) electrons. The standard InChI is InChI=1S/C17H21NO3S/c1-2-12-7-3-5-9-14(12)18-17(19)16-11-13-8-4-6-10-15(13)22(16,20)21/h4,6,8,10-12,14H,2-3,5,7,9H2,1H3,(H,18,19). The summed E-state index contributed by atoms with van der Waals surface area (Å²) in [5.74, 6) is -0.00803. The van der Waals surface area contributed by atoms with Crippen LogP contribution in [-0.2, 0) is 14.6 Å². The first-order valence-electron chi connectivity index (χ1n) is 7.90. The Morgan fingerprint density at radius 3 is 2.68 bits per heavy atom. The summed E-state index contributed by atoms with van der Waals surface area (Å²) in [6, 6.07) is 6.82. The van der Waals surface area contributed by atoms with Crippen LogP contribution >= 0.6 is 0 Å². The van der Waals surface area contributed by atoms with Gasteiger partial charge in [-0.2, -0.15) is 0 Å². The van der Waals surface area contributed by atoms with Crippen LogP contribution in [0, 0.1) is 5.92 Å². The molecule has 0 aromatic heterocycles. The van der Waals surface area contributed by atoms with Crippen LogP contribution in [0.4, 0.5) is 0 Å². The van der Waals surface area contributed by atoms with Crippen LogP contribution in [0.15, 0.2) is 34.1 Å². The van der Waals surface area contributed by atoms with E-state index >= 15 is 0 Å². The minimum Gasteiger partial charge on any atom is -0.348 e. The lowest BCUT2D eigenvalue weighted by atomic mass is 9.83. The molecule has 1 fully saturated rings. The molecule has 1 aliphatic heterocycles. The number of benzene rings is 1.